The fourth-order valence-electron chi connectivity index (χ4n) is 11.6. The lowest BCUT2D eigenvalue weighted by atomic mass is 9.34. The van der Waals surface area contributed by atoms with Crippen LogP contribution >= 0.6 is 0 Å². The van der Waals surface area contributed by atoms with Crippen molar-refractivity contribution in [3.63, 3.8) is 0 Å². The summed E-state index contributed by atoms with van der Waals surface area (Å²) in [5.41, 5.74) is 4.85. The standard InChI is InChI=1S/C40H47N5O4/c1-35(2)12-14-40(34(49)45-21-26(44-22-45)31-24(33(42)48)9-8-16-43-31)15-13-39(7)30(25(40)19-35)27(46)17-29-37(5)18-23(20-41)32(47)36(3,4)28(37)10-11-38(29,39)6/h8-9,16-18,21-22,25,28,30H,10-15,19H2,1-7H3,(H2,42,48)/t25?,28?,30-,37-,38+,39+,40-/m0/s1. The minimum atomic E-state index is -0.764. The Hall–Kier alpha value is -4.19. The van der Waals surface area contributed by atoms with Crippen molar-refractivity contribution in [1.29, 1.82) is 5.26 Å². The highest BCUT2D eigenvalue weighted by molar-refractivity contribution is 6.05. The first-order valence-corrected chi connectivity index (χ1v) is 17.6. The Kier molecular flexibility index (Phi) is 7.08. The fraction of sp³-hybridized carbons (Fsp3) is 0.575. The number of rotatable bonds is 3. The molecule has 2 N–H and O–H groups in total. The molecule has 1 amide bonds. The van der Waals surface area contributed by atoms with Gasteiger partial charge in [-0.3, -0.25) is 28.7 Å². The predicted octanol–water partition coefficient (Wildman–Crippen LogP) is 6.90. The molecule has 0 aromatic carbocycles. The molecule has 9 heteroatoms. The summed E-state index contributed by atoms with van der Waals surface area (Å²) < 4.78 is 1.54. The van der Waals surface area contributed by atoms with E-state index in [2.05, 4.69) is 50.7 Å². The molecule has 0 bridgehead atoms. The molecular weight excluding hydrogens is 614 g/mol. The predicted molar refractivity (Wildman–Crippen MR) is 184 cm³/mol. The lowest BCUT2D eigenvalue weighted by Gasteiger charge is -2.69. The number of primary amides is 1. The summed E-state index contributed by atoms with van der Waals surface area (Å²) in [6, 6.07) is 5.42. The molecule has 7 atom stereocenters. The maximum absolute atomic E-state index is 14.9. The van der Waals surface area contributed by atoms with Gasteiger partial charge in [-0.1, -0.05) is 60.1 Å². The van der Waals surface area contributed by atoms with Crippen LogP contribution in [-0.2, 0) is 9.59 Å². The Bertz CT molecular complexity index is 1940. The number of Topliss-reactive ketones (excluding diaryl/α,β-unsaturated/α-hetero) is 1. The van der Waals surface area contributed by atoms with E-state index in [4.69, 9.17) is 5.73 Å². The van der Waals surface area contributed by atoms with Crippen LogP contribution in [0.4, 0.5) is 0 Å². The zero-order valence-corrected chi connectivity index (χ0v) is 29.7. The molecule has 9 nitrogen and oxygen atoms in total. The zero-order valence-electron chi connectivity index (χ0n) is 29.7. The van der Waals surface area contributed by atoms with Crippen molar-refractivity contribution in [1.82, 2.24) is 14.5 Å². The third-order valence-electron chi connectivity index (χ3n) is 14.4. The van der Waals surface area contributed by atoms with Gasteiger partial charge in [-0.15, -0.1) is 0 Å². The van der Waals surface area contributed by atoms with E-state index in [1.165, 1.54) is 6.33 Å². The lowest BCUT2D eigenvalue weighted by molar-refractivity contribution is -0.164. The second-order valence-electron chi connectivity index (χ2n) is 17.6. The lowest BCUT2D eigenvalue weighted by Crippen LogP contribution is -2.66. The van der Waals surface area contributed by atoms with Crippen LogP contribution in [0.25, 0.3) is 11.4 Å². The number of nitrogens with zero attached hydrogens (tertiary/aromatic N) is 4. The molecule has 2 unspecified atom stereocenters. The van der Waals surface area contributed by atoms with Gasteiger partial charge in [0.15, 0.2) is 11.6 Å². The van der Waals surface area contributed by atoms with E-state index in [0.29, 0.717) is 30.7 Å². The molecule has 2 heterocycles. The topological polar surface area (TPSA) is 149 Å². The van der Waals surface area contributed by atoms with Crippen molar-refractivity contribution in [2.75, 3.05) is 0 Å². The highest BCUT2D eigenvalue weighted by Gasteiger charge is 2.71. The van der Waals surface area contributed by atoms with Crippen LogP contribution in [0, 0.1) is 61.6 Å². The van der Waals surface area contributed by atoms with Crippen LogP contribution in [0.3, 0.4) is 0 Å². The third kappa shape index (κ3) is 4.34. The summed E-state index contributed by atoms with van der Waals surface area (Å²) in [5.74, 6) is -1.32. The first kappa shape index (κ1) is 33.3. The molecule has 0 radical (unpaired) electrons. The Morgan fingerprint density at radius 3 is 2.41 bits per heavy atom. The summed E-state index contributed by atoms with van der Waals surface area (Å²) in [5, 5.41) is 10.0. The summed E-state index contributed by atoms with van der Waals surface area (Å²) in [7, 11) is 0. The SMILES string of the molecule is CC1(C)CC[C@]2(C(=O)n3cnc(-c4ncccc4C(N)=O)c3)CC[C@]3(C)[C@H](C(=O)C=C4[C@@]5(C)C=C(C#N)C(=O)C(C)(C)C5CC[C@]43C)C2C1. The van der Waals surface area contributed by atoms with Gasteiger partial charge in [0, 0.05) is 29.1 Å². The van der Waals surface area contributed by atoms with E-state index in [1.807, 2.05) is 26.0 Å². The van der Waals surface area contributed by atoms with Crippen molar-refractivity contribution in [3.05, 3.63) is 59.7 Å². The minimum absolute atomic E-state index is 0.0284. The van der Waals surface area contributed by atoms with Crippen LogP contribution in [0.5, 0.6) is 0 Å². The molecule has 5 aliphatic rings. The number of carbonyl (C=O) groups excluding carboxylic acids is 4. The summed E-state index contributed by atoms with van der Waals surface area (Å²) >= 11 is 0. The Balaban J connectivity index is 1.33. The van der Waals surface area contributed by atoms with Crippen molar-refractivity contribution in [3.8, 4) is 17.5 Å². The number of pyridine rings is 1. The number of amides is 1. The quantitative estimate of drug-likeness (QED) is 0.376. The van der Waals surface area contributed by atoms with Gasteiger partial charge in [0.2, 0.25) is 5.91 Å². The molecule has 3 saturated carbocycles. The Morgan fingerprint density at radius 2 is 1.71 bits per heavy atom. The number of fused-ring (bicyclic) bond motifs is 7. The van der Waals surface area contributed by atoms with E-state index < -0.39 is 27.6 Å². The van der Waals surface area contributed by atoms with Gasteiger partial charge in [0.05, 0.1) is 16.6 Å². The van der Waals surface area contributed by atoms with E-state index >= 15 is 0 Å². The van der Waals surface area contributed by atoms with Crippen molar-refractivity contribution in [2.45, 2.75) is 93.4 Å². The molecule has 0 saturated heterocycles. The number of hydrogen-bond acceptors (Lipinski definition) is 7. The fourth-order valence-corrected chi connectivity index (χ4v) is 11.6. The van der Waals surface area contributed by atoms with Gasteiger partial charge >= 0.3 is 0 Å². The molecular formula is C40H47N5O4. The number of ketones is 2. The van der Waals surface area contributed by atoms with Gasteiger partial charge in [0.25, 0.3) is 5.91 Å². The maximum atomic E-state index is 14.9. The molecule has 7 rings (SSSR count). The third-order valence-corrected chi connectivity index (χ3v) is 14.4. The molecule has 2 aromatic heterocycles. The molecule has 0 aliphatic heterocycles. The van der Waals surface area contributed by atoms with Gasteiger partial charge in [-0.25, -0.2) is 4.98 Å². The van der Waals surface area contributed by atoms with Crippen molar-refractivity contribution in [2.24, 2.45) is 56.0 Å². The van der Waals surface area contributed by atoms with E-state index in [9.17, 15) is 24.4 Å². The number of carbonyl (C=O) groups is 4. The van der Waals surface area contributed by atoms with Crippen molar-refractivity contribution < 1.29 is 19.2 Å². The number of imidazole rings is 1. The first-order chi connectivity index (χ1) is 22.9. The molecule has 3 fully saturated rings. The molecule has 5 aliphatic carbocycles. The second kappa shape index (κ2) is 10.4. The van der Waals surface area contributed by atoms with E-state index in [-0.39, 0.29) is 57.2 Å². The van der Waals surface area contributed by atoms with Gasteiger partial charge < -0.3 is 5.73 Å². The average molecular weight is 662 g/mol. The zero-order chi connectivity index (χ0) is 35.5. The van der Waals surface area contributed by atoms with Gasteiger partial charge in [-0.05, 0) is 91.2 Å². The minimum Gasteiger partial charge on any atom is -0.366 e. The van der Waals surface area contributed by atoms with Gasteiger partial charge in [-0.2, -0.15) is 5.26 Å². The number of nitriles is 1. The monoisotopic (exact) mass is 661 g/mol. The Morgan fingerprint density at radius 1 is 1.00 bits per heavy atom. The highest BCUT2D eigenvalue weighted by Crippen LogP contribution is 2.74. The largest absolute Gasteiger partial charge is 0.366 e. The highest BCUT2D eigenvalue weighted by atomic mass is 16.2. The number of allylic oxidation sites excluding steroid dienone is 4. The molecule has 49 heavy (non-hydrogen) atoms. The number of aromatic nitrogens is 3. The normalized spacial score (nSPS) is 37.3. The summed E-state index contributed by atoms with van der Waals surface area (Å²) in [4.78, 5) is 64.2. The molecule has 256 valence electrons. The van der Waals surface area contributed by atoms with Gasteiger partial charge in [0.1, 0.15) is 23.8 Å². The van der Waals surface area contributed by atoms with Crippen LogP contribution in [0.1, 0.15) is 109 Å². The van der Waals surface area contributed by atoms with Crippen LogP contribution in [0.15, 0.2) is 54.2 Å². The number of nitrogens with two attached hydrogens (primary N) is 1. The van der Waals surface area contributed by atoms with E-state index in [0.717, 1.165) is 31.3 Å². The van der Waals surface area contributed by atoms with Crippen molar-refractivity contribution >= 4 is 23.4 Å². The molecule has 0 spiro atoms. The van der Waals surface area contributed by atoms with Crippen LogP contribution < -0.4 is 5.73 Å². The smallest absolute Gasteiger partial charge is 0.250 e. The Labute approximate surface area is 288 Å². The molecule has 2 aromatic rings. The average Bonchev–Trinajstić information content (AvgIpc) is 3.54. The summed E-state index contributed by atoms with van der Waals surface area (Å²) in [6.45, 7) is 15.1. The first-order valence-electron chi connectivity index (χ1n) is 17.6. The van der Waals surface area contributed by atoms with Crippen LogP contribution in [0.2, 0.25) is 0 Å². The summed E-state index contributed by atoms with van der Waals surface area (Å²) in [6.07, 6.45) is 13.7. The van der Waals surface area contributed by atoms with Crippen LogP contribution in [-0.4, -0.2) is 37.9 Å². The second-order valence-corrected chi connectivity index (χ2v) is 17.6. The van der Waals surface area contributed by atoms with E-state index in [1.54, 1.807) is 29.1 Å². The maximum Gasteiger partial charge on any atom is 0.250 e. The number of hydrogen-bond donors (Lipinski definition) is 1.